The number of nitrogens with zero attached hydrogens (tertiary/aromatic N) is 1. The van der Waals surface area contributed by atoms with Crippen molar-refractivity contribution in [3.8, 4) is 5.75 Å². The fourth-order valence-corrected chi connectivity index (χ4v) is 1.91. The van der Waals surface area contributed by atoms with Gasteiger partial charge in [0.1, 0.15) is 18.1 Å². The number of halogens is 3. The van der Waals surface area contributed by atoms with Gasteiger partial charge in [-0.05, 0) is 31.2 Å². The second kappa shape index (κ2) is 7.21. The number of benzene rings is 1. The molecule has 1 aromatic heterocycles. The normalized spacial score (nSPS) is 11.3. The van der Waals surface area contributed by atoms with E-state index in [0.717, 1.165) is 5.56 Å². The third-order valence-corrected chi connectivity index (χ3v) is 3.03. The summed E-state index contributed by atoms with van der Waals surface area (Å²) < 4.78 is 48.2. The third kappa shape index (κ3) is 5.69. The molecule has 0 saturated carbocycles. The summed E-state index contributed by atoms with van der Waals surface area (Å²) in [5, 5.41) is 0. The molecule has 7 heteroatoms. The molecule has 0 N–H and O–H groups in total. The maximum absolute atomic E-state index is 12.6. The fraction of sp³-hybridized carbons (Fsp3) is 0.312. The van der Waals surface area contributed by atoms with E-state index in [9.17, 15) is 18.0 Å². The van der Waals surface area contributed by atoms with E-state index in [4.69, 9.17) is 9.15 Å². The van der Waals surface area contributed by atoms with Crippen molar-refractivity contribution in [2.24, 2.45) is 0 Å². The molecule has 0 atom stereocenters. The van der Waals surface area contributed by atoms with Gasteiger partial charge < -0.3 is 14.1 Å². The molecule has 0 unspecified atom stereocenters. The van der Waals surface area contributed by atoms with Crippen LogP contribution in [0.25, 0.3) is 0 Å². The Balaban J connectivity index is 1.98. The lowest BCUT2D eigenvalue weighted by molar-refractivity contribution is -0.164. The van der Waals surface area contributed by atoms with Gasteiger partial charge >= 0.3 is 6.18 Å². The minimum Gasteiger partial charge on any atom is -0.484 e. The molecule has 0 aliphatic rings. The van der Waals surface area contributed by atoms with Crippen molar-refractivity contribution in [2.45, 2.75) is 19.6 Å². The van der Waals surface area contributed by atoms with Gasteiger partial charge in [-0.15, -0.1) is 0 Å². The van der Waals surface area contributed by atoms with Crippen molar-refractivity contribution in [3.05, 3.63) is 54.0 Å². The van der Waals surface area contributed by atoms with E-state index in [1.165, 1.54) is 12.3 Å². The highest BCUT2D eigenvalue weighted by Crippen LogP contribution is 2.19. The molecule has 1 amide bonds. The zero-order valence-electron chi connectivity index (χ0n) is 12.5. The maximum Gasteiger partial charge on any atom is 0.406 e. The lowest BCUT2D eigenvalue weighted by Crippen LogP contribution is -2.40. The van der Waals surface area contributed by atoms with Crippen LogP contribution in [0.2, 0.25) is 0 Å². The Bertz CT molecular complexity index is 621. The number of carbonyl (C=O) groups excluding carboxylic acids is 1. The van der Waals surface area contributed by atoms with Crippen molar-refractivity contribution < 1.29 is 27.1 Å². The van der Waals surface area contributed by atoms with E-state index >= 15 is 0 Å². The summed E-state index contributed by atoms with van der Waals surface area (Å²) in [5.41, 5.74) is 1.01. The number of furan rings is 1. The number of rotatable bonds is 6. The van der Waals surface area contributed by atoms with Crippen LogP contribution in [-0.2, 0) is 11.3 Å². The predicted molar refractivity (Wildman–Crippen MR) is 76.9 cm³/mol. The first-order chi connectivity index (χ1) is 10.8. The Morgan fingerprint density at radius 1 is 1.22 bits per heavy atom. The molecule has 2 aromatic rings. The smallest absolute Gasteiger partial charge is 0.406 e. The van der Waals surface area contributed by atoms with E-state index in [2.05, 4.69) is 0 Å². The summed E-state index contributed by atoms with van der Waals surface area (Å²) in [5.74, 6) is -0.0638. The SMILES string of the molecule is Cc1ccc(OCC(=O)N(Cc2ccco2)CC(F)(F)F)cc1. The zero-order valence-corrected chi connectivity index (χ0v) is 12.5. The minimum atomic E-state index is -4.49. The van der Waals surface area contributed by atoms with E-state index in [0.29, 0.717) is 10.6 Å². The van der Waals surface area contributed by atoms with Crippen molar-refractivity contribution in [2.75, 3.05) is 13.2 Å². The van der Waals surface area contributed by atoms with Crippen LogP contribution in [0.1, 0.15) is 11.3 Å². The minimum absolute atomic E-state index is 0.261. The molecular weight excluding hydrogens is 311 g/mol. The Kier molecular flexibility index (Phi) is 5.31. The largest absolute Gasteiger partial charge is 0.484 e. The molecule has 0 fully saturated rings. The molecule has 2 rings (SSSR count). The maximum atomic E-state index is 12.6. The highest BCUT2D eigenvalue weighted by Gasteiger charge is 2.33. The molecule has 1 aromatic carbocycles. The molecule has 0 saturated heterocycles. The highest BCUT2D eigenvalue weighted by atomic mass is 19.4. The first-order valence-electron chi connectivity index (χ1n) is 6.90. The number of ether oxygens (including phenoxy) is 1. The van der Waals surface area contributed by atoms with Gasteiger partial charge in [-0.2, -0.15) is 13.2 Å². The average molecular weight is 327 g/mol. The van der Waals surface area contributed by atoms with Crippen molar-refractivity contribution >= 4 is 5.91 Å². The zero-order chi connectivity index (χ0) is 16.9. The fourth-order valence-electron chi connectivity index (χ4n) is 1.91. The molecular formula is C16H16F3NO3. The monoisotopic (exact) mass is 327 g/mol. The molecule has 4 nitrogen and oxygen atoms in total. The average Bonchev–Trinajstić information content (AvgIpc) is 2.97. The van der Waals surface area contributed by atoms with Gasteiger partial charge in [-0.3, -0.25) is 4.79 Å². The van der Waals surface area contributed by atoms with Crippen LogP contribution in [-0.4, -0.2) is 30.1 Å². The first-order valence-corrected chi connectivity index (χ1v) is 6.90. The molecule has 0 bridgehead atoms. The molecule has 0 spiro atoms. The Labute approximate surface area is 131 Å². The van der Waals surface area contributed by atoms with Gasteiger partial charge in [0.05, 0.1) is 12.8 Å². The summed E-state index contributed by atoms with van der Waals surface area (Å²) in [4.78, 5) is 12.7. The van der Waals surface area contributed by atoms with Crippen LogP contribution < -0.4 is 4.74 Å². The van der Waals surface area contributed by atoms with Crippen LogP contribution in [0, 0.1) is 6.92 Å². The number of alkyl halides is 3. The van der Waals surface area contributed by atoms with Gasteiger partial charge in [0.15, 0.2) is 6.61 Å². The molecule has 0 radical (unpaired) electrons. The lowest BCUT2D eigenvalue weighted by atomic mass is 10.2. The Morgan fingerprint density at radius 2 is 1.91 bits per heavy atom. The molecule has 1 heterocycles. The molecule has 0 aliphatic carbocycles. The van der Waals surface area contributed by atoms with E-state index < -0.39 is 25.2 Å². The van der Waals surface area contributed by atoms with Crippen LogP contribution >= 0.6 is 0 Å². The summed E-state index contributed by atoms with van der Waals surface area (Å²) in [7, 11) is 0. The quantitative estimate of drug-likeness (QED) is 0.815. The number of hydrogen-bond donors (Lipinski definition) is 0. The van der Waals surface area contributed by atoms with E-state index in [1.807, 2.05) is 6.92 Å². The van der Waals surface area contributed by atoms with E-state index in [-0.39, 0.29) is 12.3 Å². The molecule has 0 aliphatic heterocycles. The number of hydrogen-bond acceptors (Lipinski definition) is 3. The Morgan fingerprint density at radius 3 is 2.48 bits per heavy atom. The topological polar surface area (TPSA) is 42.7 Å². The lowest BCUT2D eigenvalue weighted by Gasteiger charge is -2.23. The summed E-state index contributed by atoms with van der Waals surface area (Å²) in [6, 6.07) is 9.95. The number of aryl methyl sites for hydroxylation is 1. The van der Waals surface area contributed by atoms with Gasteiger partial charge in [0.2, 0.25) is 0 Å². The van der Waals surface area contributed by atoms with Crippen LogP contribution in [0.5, 0.6) is 5.75 Å². The number of carbonyl (C=O) groups is 1. The third-order valence-electron chi connectivity index (χ3n) is 3.03. The van der Waals surface area contributed by atoms with Crippen LogP contribution in [0.3, 0.4) is 0 Å². The summed E-state index contributed by atoms with van der Waals surface area (Å²) in [6.45, 7) is -0.199. The summed E-state index contributed by atoms with van der Waals surface area (Å²) >= 11 is 0. The van der Waals surface area contributed by atoms with Crippen LogP contribution in [0.15, 0.2) is 47.1 Å². The van der Waals surface area contributed by atoms with Gasteiger partial charge in [0, 0.05) is 0 Å². The Hall–Kier alpha value is -2.44. The summed E-state index contributed by atoms with van der Waals surface area (Å²) in [6.07, 6.45) is -3.15. The van der Waals surface area contributed by atoms with Crippen molar-refractivity contribution in [3.63, 3.8) is 0 Å². The van der Waals surface area contributed by atoms with Crippen molar-refractivity contribution in [1.29, 1.82) is 0 Å². The first kappa shape index (κ1) is 16.9. The molecule has 124 valence electrons. The standard InChI is InChI=1S/C16H16F3NO3/c1-12-4-6-13(7-5-12)23-10-15(21)20(11-16(17,18)19)9-14-3-2-8-22-14/h2-8H,9-11H2,1H3. The highest BCUT2D eigenvalue weighted by molar-refractivity contribution is 5.77. The second-order valence-corrected chi connectivity index (χ2v) is 5.05. The van der Waals surface area contributed by atoms with Gasteiger partial charge in [-0.25, -0.2) is 0 Å². The second-order valence-electron chi connectivity index (χ2n) is 5.05. The van der Waals surface area contributed by atoms with Gasteiger partial charge in [0.25, 0.3) is 5.91 Å². The van der Waals surface area contributed by atoms with Crippen LogP contribution in [0.4, 0.5) is 13.2 Å². The van der Waals surface area contributed by atoms with E-state index in [1.54, 1.807) is 30.3 Å². The number of amides is 1. The van der Waals surface area contributed by atoms with Crippen molar-refractivity contribution in [1.82, 2.24) is 4.90 Å². The predicted octanol–water partition coefficient (Wildman–Crippen LogP) is 3.56. The van der Waals surface area contributed by atoms with Gasteiger partial charge in [-0.1, -0.05) is 17.7 Å². The molecule has 23 heavy (non-hydrogen) atoms.